The van der Waals surface area contributed by atoms with Gasteiger partial charge in [-0.15, -0.1) is 6.58 Å². The summed E-state index contributed by atoms with van der Waals surface area (Å²) in [6.07, 6.45) is 2.67. The molecule has 0 aromatic heterocycles. The van der Waals surface area contributed by atoms with Crippen LogP contribution in [0.1, 0.15) is 31.0 Å². The summed E-state index contributed by atoms with van der Waals surface area (Å²) in [6.45, 7) is 8.39. The normalized spacial score (nSPS) is 12.4. The van der Waals surface area contributed by atoms with Crippen molar-refractivity contribution in [1.29, 1.82) is 0 Å². The van der Waals surface area contributed by atoms with Crippen LogP contribution >= 0.6 is 0 Å². The average molecular weight is 247 g/mol. The molecule has 1 aromatic rings. The van der Waals surface area contributed by atoms with Crippen LogP contribution in [0.15, 0.2) is 36.9 Å². The van der Waals surface area contributed by atoms with E-state index in [-0.39, 0.29) is 0 Å². The van der Waals surface area contributed by atoms with E-state index >= 15 is 0 Å². The van der Waals surface area contributed by atoms with Gasteiger partial charge in [-0.25, -0.2) is 0 Å². The van der Waals surface area contributed by atoms with Crippen LogP contribution < -0.4 is 5.32 Å². The molecule has 0 aliphatic rings. The molecule has 1 aromatic carbocycles. The van der Waals surface area contributed by atoms with Crippen LogP contribution in [-0.2, 0) is 11.2 Å². The molecule has 2 N–H and O–H groups in total. The number of aliphatic carboxylic acids is 1. The highest BCUT2D eigenvalue weighted by molar-refractivity contribution is 5.75. The number of carboxylic acids is 1. The maximum atomic E-state index is 11.2. The van der Waals surface area contributed by atoms with Gasteiger partial charge in [-0.2, -0.15) is 0 Å². The minimum atomic E-state index is -0.867. The molecule has 0 aliphatic carbocycles. The van der Waals surface area contributed by atoms with Gasteiger partial charge in [0.25, 0.3) is 0 Å². The van der Waals surface area contributed by atoms with Crippen LogP contribution in [0.4, 0.5) is 0 Å². The first-order valence-electron chi connectivity index (χ1n) is 6.20. The summed E-state index contributed by atoms with van der Waals surface area (Å²) in [5, 5.41) is 12.1. The lowest BCUT2D eigenvalue weighted by atomic mass is 9.99. The van der Waals surface area contributed by atoms with Gasteiger partial charge in [0.15, 0.2) is 0 Å². The minimum absolute atomic E-state index is 0.477. The third-order valence-electron chi connectivity index (χ3n) is 2.67. The molecule has 0 spiro atoms. The number of benzene rings is 1. The van der Waals surface area contributed by atoms with E-state index in [1.165, 1.54) is 5.56 Å². The zero-order valence-corrected chi connectivity index (χ0v) is 11.0. The van der Waals surface area contributed by atoms with Gasteiger partial charge in [-0.05, 0) is 23.5 Å². The number of carboxylic acid groups (broad SMARTS) is 1. The fourth-order valence-electron chi connectivity index (χ4n) is 1.87. The highest BCUT2D eigenvalue weighted by Gasteiger charge is 2.18. The van der Waals surface area contributed by atoms with E-state index in [9.17, 15) is 9.90 Å². The van der Waals surface area contributed by atoms with E-state index in [4.69, 9.17) is 0 Å². The van der Waals surface area contributed by atoms with E-state index in [0.717, 1.165) is 12.0 Å². The van der Waals surface area contributed by atoms with Crippen molar-refractivity contribution in [3.8, 4) is 0 Å². The van der Waals surface area contributed by atoms with Crippen LogP contribution in [0.5, 0.6) is 0 Å². The second-order valence-electron chi connectivity index (χ2n) is 4.81. The Hall–Kier alpha value is -1.61. The quantitative estimate of drug-likeness (QED) is 0.728. The molecule has 1 atom stereocenters. The Morgan fingerprint density at radius 1 is 1.39 bits per heavy atom. The molecule has 0 radical (unpaired) electrons. The predicted octanol–water partition coefficient (Wildman–Crippen LogP) is 2.79. The van der Waals surface area contributed by atoms with Crippen molar-refractivity contribution in [2.75, 3.05) is 6.54 Å². The van der Waals surface area contributed by atoms with Gasteiger partial charge in [0, 0.05) is 6.54 Å². The average Bonchev–Trinajstić information content (AvgIpc) is 2.30. The fraction of sp³-hybridized carbons (Fsp3) is 0.400. The van der Waals surface area contributed by atoms with Crippen LogP contribution in [0.25, 0.3) is 0 Å². The van der Waals surface area contributed by atoms with Crippen LogP contribution in [-0.4, -0.2) is 17.6 Å². The molecule has 0 heterocycles. The van der Waals surface area contributed by atoms with Crippen LogP contribution in [0.2, 0.25) is 0 Å². The first kappa shape index (κ1) is 14.5. The van der Waals surface area contributed by atoms with Crippen molar-refractivity contribution in [2.24, 2.45) is 5.92 Å². The molecule has 0 fully saturated rings. The maximum Gasteiger partial charge on any atom is 0.325 e. The minimum Gasteiger partial charge on any atom is -0.480 e. The zero-order chi connectivity index (χ0) is 13.5. The van der Waals surface area contributed by atoms with Crippen LogP contribution in [0, 0.1) is 5.92 Å². The van der Waals surface area contributed by atoms with E-state index in [0.29, 0.717) is 12.5 Å². The lowest BCUT2D eigenvalue weighted by Gasteiger charge is -2.14. The fourth-order valence-corrected chi connectivity index (χ4v) is 1.87. The monoisotopic (exact) mass is 247 g/mol. The molecule has 0 amide bonds. The molecule has 18 heavy (non-hydrogen) atoms. The standard InChI is InChI=1S/C15H21NO2/c1-4-9-16-14(15(17)18)13-7-5-12(6-8-13)10-11(2)3/h4-8,11,14,16H,1,9-10H2,2-3H3,(H,17,18). The Kier molecular flexibility index (Phi) is 5.59. The summed E-state index contributed by atoms with van der Waals surface area (Å²) >= 11 is 0. The van der Waals surface area contributed by atoms with Gasteiger partial charge in [-0.1, -0.05) is 44.2 Å². The molecule has 3 heteroatoms. The lowest BCUT2D eigenvalue weighted by Crippen LogP contribution is -2.28. The highest BCUT2D eigenvalue weighted by Crippen LogP contribution is 2.16. The Balaban J connectivity index is 2.79. The molecule has 0 saturated heterocycles. The van der Waals surface area contributed by atoms with E-state index < -0.39 is 12.0 Å². The van der Waals surface area contributed by atoms with Gasteiger partial charge >= 0.3 is 5.97 Å². The van der Waals surface area contributed by atoms with Crippen molar-refractivity contribution < 1.29 is 9.90 Å². The molecular weight excluding hydrogens is 226 g/mol. The van der Waals surface area contributed by atoms with E-state index in [1.54, 1.807) is 6.08 Å². The first-order chi connectivity index (χ1) is 8.54. The van der Waals surface area contributed by atoms with E-state index in [2.05, 4.69) is 25.7 Å². The molecular formula is C15H21NO2. The van der Waals surface area contributed by atoms with Gasteiger partial charge in [-0.3, -0.25) is 10.1 Å². The smallest absolute Gasteiger partial charge is 0.325 e. The molecule has 1 rings (SSSR count). The molecule has 0 saturated carbocycles. The molecule has 0 aliphatic heterocycles. The first-order valence-corrected chi connectivity index (χ1v) is 6.20. The Labute approximate surface area is 109 Å². The largest absolute Gasteiger partial charge is 0.480 e. The third-order valence-corrected chi connectivity index (χ3v) is 2.67. The second kappa shape index (κ2) is 6.97. The van der Waals surface area contributed by atoms with Crippen molar-refractivity contribution in [3.05, 3.63) is 48.0 Å². The summed E-state index contributed by atoms with van der Waals surface area (Å²) < 4.78 is 0. The molecule has 1 unspecified atom stereocenters. The second-order valence-corrected chi connectivity index (χ2v) is 4.81. The third kappa shape index (κ3) is 4.34. The van der Waals surface area contributed by atoms with Gasteiger partial charge in [0.05, 0.1) is 0 Å². The van der Waals surface area contributed by atoms with Crippen molar-refractivity contribution in [2.45, 2.75) is 26.3 Å². The number of hydrogen-bond acceptors (Lipinski definition) is 2. The van der Waals surface area contributed by atoms with Gasteiger partial charge in [0.1, 0.15) is 6.04 Å². The predicted molar refractivity (Wildman–Crippen MR) is 73.6 cm³/mol. The van der Waals surface area contributed by atoms with Gasteiger partial charge in [0.2, 0.25) is 0 Å². The lowest BCUT2D eigenvalue weighted by molar-refractivity contribution is -0.139. The van der Waals surface area contributed by atoms with Crippen LogP contribution in [0.3, 0.4) is 0 Å². The SMILES string of the molecule is C=CCNC(C(=O)O)c1ccc(CC(C)C)cc1. The summed E-state index contributed by atoms with van der Waals surface area (Å²) in [5.41, 5.74) is 2.01. The summed E-state index contributed by atoms with van der Waals surface area (Å²) in [6, 6.07) is 7.09. The molecule has 98 valence electrons. The van der Waals surface area contributed by atoms with Crippen molar-refractivity contribution >= 4 is 5.97 Å². The maximum absolute atomic E-state index is 11.2. The van der Waals surface area contributed by atoms with Gasteiger partial charge < -0.3 is 5.11 Å². The Morgan fingerprint density at radius 2 is 2.00 bits per heavy atom. The summed E-state index contributed by atoms with van der Waals surface area (Å²) in [5.74, 6) is -0.265. The summed E-state index contributed by atoms with van der Waals surface area (Å²) in [7, 11) is 0. The number of nitrogens with one attached hydrogen (secondary N) is 1. The topological polar surface area (TPSA) is 49.3 Å². The highest BCUT2D eigenvalue weighted by atomic mass is 16.4. The van der Waals surface area contributed by atoms with Crippen molar-refractivity contribution in [3.63, 3.8) is 0 Å². The molecule has 3 nitrogen and oxygen atoms in total. The van der Waals surface area contributed by atoms with E-state index in [1.807, 2.05) is 24.3 Å². The van der Waals surface area contributed by atoms with Crippen molar-refractivity contribution in [1.82, 2.24) is 5.32 Å². The number of carbonyl (C=O) groups is 1. The summed E-state index contributed by atoms with van der Waals surface area (Å²) in [4.78, 5) is 11.2. The Bertz CT molecular complexity index is 395. The number of hydrogen-bond donors (Lipinski definition) is 2. The molecule has 0 bridgehead atoms. The zero-order valence-electron chi connectivity index (χ0n) is 11.0. The Morgan fingerprint density at radius 3 is 2.44 bits per heavy atom. The number of rotatable bonds is 7.